The van der Waals surface area contributed by atoms with Crippen LogP contribution in [0.2, 0.25) is 0 Å². The zero-order valence-electron chi connectivity index (χ0n) is 57.6. The summed E-state index contributed by atoms with van der Waals surface area (Å²) in [6.07, 6.45) is 97.2. The molecule has 0 aromatic heterocycles. The molecule has 0 rings (SSSR count). The maximum atomic E-state index is 12.9. The summed E-state index contributed by atoms with van der Waals surface area (Å²) in [7, 11) is 1.16. The van der Waals surface area contributed by atoms with Crippen molar-refractivity contribution in [3.63, 3.8) is 0 Å². The van der Waals surface area contributed by atoms with E-state index in [1.54, 1.807) is 0 Å². The van der Waals surface area contributed by atoms with Gasteiger partial charge >= 0.3 is 11.9 Å². The fraction of sp³-hybridized carbons (Fsp3) is 0.718. The van der Waals surface area contributed by atoms with E-state index in [1.165, 1.54) is 161 Å². The van der Waals surface area contributed by atoms with E-state index in [4.69, 9.17) is 18.5 Å². The highest BCUT2D eigenvalue weighted by molar-refractivity contribution is 7.45. The van der Waals surface area contributed by atoms with Crippen molar-refractivity contribution < 1.29 is 42.1 Å². The number of phosphoric acid groups is 1. The minimum absolute atomic E-state index is 0.0342. The van der Waals surface area contributed by atoms with E-state index in [9.17, 15) is 19.0 Å². The fourth-order valence-electron chi connectivity index (χ4n) is 10.0. The largest absolute Gasteiger partial charge is 0.756 e. The Hall–Kier alpha value is -3.59. The quantitative estimate of drug-likeness (QED) is 0.0195. The summed E-state index contributed by atoms with van der Waals surface area (Å²) in [4.78, 5) is 38.1. The van der Waals surface area contributed by atoms with E-state index >= 15 is 0 Å². The van der Waals surface area contributed by atoms with Gasteiger partial charge in [-0.15, -0.1) is 0 Å². The van der Waals surface area contributed by atoms with Crippen LogP contribution >= 0.6 is 7.82 Å². The van der Waals surface area contributed by atoms with Gasteiger partial charge in [0.2, 0.25) is 0 Å². The molecule has 0 aromatic rings. The third-order valence-corrected chi connectivity index (χ3v) is 16.4. The Morgan fingerprint density at radius 2 is 0.614 bits per heavy atom. The number of phosphoric ester groups is 1. The first-order chi connectivity index (χ1) is 43.0. The molecule has 2 atom stereocenters. The molecule has 0 heterocycles. The number of hydrogen-bond acceptors (Lipinski definition) is 8. The molecule has 0 N–H and O–H groups in total. The first-order valence-corrected chi connectivity index (χ1v) is 37.7. The summed E-state index contributed by atoms with van der Waals surface area (Å²) in [6.45, 7) is 4.03. The lowest BCUT2D eigenvalue weighted by atomic mass is 10.0. The molecule has 0 fully saturated rings. The monoisotopic (exact) mass is 1250 g/mol. The van der Waals surface area contributed by atoms with Gasteiger partial charge in [0, 0.05) is 12.8 Å². The molecule has 0 bridgehead atoms. The summed E-state index contributed by atoms with van der Waals surface area (Å²) in [5, 5.41) is 0. The van der Waals surface area contributed by atoms with Crippen LogP contribution in [-0.2, 0) is 32.7 Å². The first kappa shape index (κ1) is 84.4. The topological polar surface area (TPSA) is 111 Å². The molecule has 0 radical (unpaired) electrons. The number of ether oxygens (including phenoxy) is 2. The lowest BCUT2D eigenvalue weighted by Gasteiger charge is -2.28. The van der Waals surface area contributed by atoms with E-state index in [-0.39, 0.29) is 32.0 Å². The van der Waals surface area contributed by atoms with Crippen molar-refractivity contribution in [2.24, 2.45) is 0 Å². The summed E-state index contributed by atoms with van der Waals surface area (Å²) in [5.74, 6) is -0.831. The number of carbonyl (C=O) groups is 2. The molecule has 9 nitrogen and oxygen atoms in total. The van der Waals surface area contributed by atoms with Crippen LogP contribution in [0.1, 0.15) is 309 Å². The van der Waals surface area contributed by atoms with Gasteiger partial charge in [0.25, 0.3) is 7.82 Å². The van der Waals surface area contributed by atoms with Crippen LogP contribution in [0.4, 0.5) is 0 Å². The van der Waals surface area contributed by atoms with Crippen LogP contribution in [0.15, 0.2) is 122 Å². The zero-order chi connectivity index (χ0) is 64.1. The Morgan fingerprint density at radius 1 is 0.352 bits per heavy atom. The molecule has 0 aliphatic heterocycles. The average Bonchev–Trinajstić information content (AvgIpc) is 3.58. The Bertz CT molecular complexity index is 1900. The number of carbonyl (C=O) groups excluding carboxylic acids is 2. The predicted molar refractivity (Wildman–Crippen MR) is 378 cm³/mol. The smallest absolute Gasteiger partial charge is 0.306 e. The van der Waals surface area contributed by atoms with Crippen molar-refractivity contribution in [3.8, 4) is 0 Å². The van der Waals surface area contributed by atoms with E-state index in [1.807, 2.05) is 21.1 Å². The van der Waals surface area contributed by atoms with Crippen LogP contribution < -0.4 is 4.89 Å². The lowest BCUT2D eigenvalue weighted by molar-refractivity contribution is -0.870. The SMILES string of the molecule is CC/C=C\C/C=C\C/C=C\C/C=C\C/C=C\C/C=C\CCCCCCCCCCCCCCCCCCCCCCCCC(=O)OC(COC(=O)CCCCCCCCCCCC/C=C\C/C=C\C/C=C\C/C=C\CC)COP(=O)([O-])OCC[N+](C)(C)C. The number of hydrogen-bond donors (Lipinski definition) is 0. The Balaban J connectivity index is 3.96. The Kier molecular flexibility index (Phi) is 65.0. The van der Waals surface area contributed by atoms with Crippen molar-refractivity contribution in [2.75, 3.05) is 47.5 Å². The van der Waals surface area contributed by atoms with Gasteiger partial charge in [-0.25, -0.2) is 0 Å². The molecular weight excluding hydrogens is 1110 g/mol. The molecular formula is C78H136NO8P. The zero-order valence-corrected chi connectivity index (χ0v) is 58.5. The van der Waals surface area contributed by atoms with E-state index in [0.29, 0.717) is 17.4 Å². The van der Waals surface area contributed by atoms with Gasteiger partial charge in [-0.05, 0) is 103 Å². The van der Waals surface area contributed by atoms with E-state index in [2.05, 4.69) is 135 Å². The van der Waals surface area contributed by atoms with Crippen molar-refractivity contribution in [1.29, 1.82) is 0 Å². The highest BCUT2D eigenvalue weighted by atomic mass is 31.2. The van der Waals surface area contributed by atoms with E-state index < -0.39 is 26.5 Å². The lowest BCUT2D eigenvalue weighted by Crippen LogP contribution is -2.37. The number of quaternary nitrogens is 1. The Morgan fingerprint density at radius 3 is 0.909 bits per heavy atom. The van der Waals surface area contributed by atoms with Crippen molar-refractivity contribution >= 4 is 19.8 Å². The standard InChI is InChI=1S/C78H136NO8P/c1-6-8-10-12-14-16-18-20-22-24-26-28-30-31-32-33-34-35-36-37-38-39-40-41-42-43-44-45-46-47-49-51-53-55-57-59-61-63-65-67-69-71-78(81)87-76(75-86-88(82,83)85-73-72-79(3,4)5)74-84-77(80)70-68-66-64-62-60-58-56-54-52-50-48-29-27-25-23-21-19-17-15-13-11-9-7-2/h8-11,14-17,20-23,26-29,31-32,34-35,76H,6-7,12-13,18-19,24-25,30,33,36-75H2,1-5H3/b10-8-,11-9-,16-14-,17-15-,22-20-,23-21-,28-26-,29-27-,32-31-,35-34-. The number of likely N-dealkylation sites (N-methyl/N-ethyl adjacent to an activating group) is 1. The third-order valence-electron chi connectivity index (χ3n) is 15.5. The molecule has 0 spiro atoms. The molecule has 0 aromatic carbocycles. The number of allylic oxidation sites excluding steroid dienone is 20. The first-order valence-electron chi connectivity index (χ1n) is 36.2. The molecule has 506 valence electrons. The van der Waals surface area contributed by atoms with Gasteiger partial charge in [-0.2, -0.15) is 0 Å². The van der Waals surface area contributed by atoms with Gasteiger partial charge in [0.15, 0.2) is 6.10 Å². The van der Waals surface area contributed by atoms with Crippen LogP contribution in [0.25, 0.3) is 0 Å². The van der Waals surface area contributed by atoms with Crippen LogP contribution in [0.3, 0.4) is 0 Å². The molecule has 0 aliphatic carbocycles. The molecule has 0 saturated carbocycles. The maximum absolute atomic E-state index is 12.9. The second-order valence-electron chi connectivity index (χ2n) is 25.2. The second kappa shape index (κ2) is 67.8. The number of esters is 2. The normalized spacial score (nSPS) is 13.8. The minimum Gasteiger partial charge on any atom is -0.756 e. The third kappa shape index (κ3) is 71.5. The van der Waals surface area contributed by atoms with Gasteiger partial charge in [0.05, 0.1) is 27.7 Å². The number of rotatable bonds is 66. The van der Waals surface area contributed by atoms with Gasteiger partial charge in [0.1, 0.15) is 19.8 Å². The summed E-state index contributed by atoms with van der Waals surface area (Å²) < 4.78 is 34.3. The summed E-state index contributed by atoms with van der Waals surface area (Å²) in [6, 6.07) is 0. The van der Waals surface area contributed by atoms with Crippen LogP contribution in [0.5, 0.6) is 0 Å². The van der Waals surface area contributed by atoms with Gasteiger partial charge in [-0.1, -0.05) is 315 Å². The average molecular weight is 1250 g/mol. The molecule has 88 heavy (non-hydrogen) atoms. The van der Waals surface area contributed by atoms with Gasteiger partial charge < -0.3 is 27.9 Å². The highest BCUT2D eigenvalue weighted by Crippen LogP contribution is 2.38. The predicted octanol–water partition coefficient (Wildman–Crippen LogP) is 23.2. The fourth-order valence-corrected chi connectivity index (χ4v) is 10.7. The number of nitrogens with zero attached hydrogens (tertiary/aromatic N) is 1. The molecule has 0 amide bonds. The van der Waals surface area contributed by atoms with Gasteiger partial charge in [-0.3, -0.25) is 14.2 Å². The Labute approximate surface area is 543 Å². The van der Waals surface area contributed by atoms with Crippen molar-refractivity contribution in [3.05, 3.63) is 122 Å². The van der Waals surface area contributed by atoms with Crippen LogP contribution in [-0.4, -0.2) is 70.0 Å². The minimum atomic E-state index is -4.65. The molecule has 2 unspecified atom stereocenters. The van der Waals surface area contributed by atoms with E-state index in [0.717, 1.165) is 116 Å². The molecule has 0 aliphatic rings. The highest BCUT2D eigenvalue weighted by Gasteiger charge is 2.22. The molecule has 10 heteroatoms. The van der Waals surface area contributed by atoms with Crippen LogP contribution in [0, 0.1) is 0 Å². The number of unbranched alkanes of at least 4 members (excludes halogenated alkanes) is 32. The molecule has 0 saturated heterocycles. The maximum Gasteiger partial charge on any atom is 0.306 e. The van der Waals surface area contributed by atoms with Crippen molar-refractivity contribution in [2.45, 2.75) is 315 Å². The van der Waals surface area contributed by atoms with Crippen molar-refractivity contribution in [1.82, 2.24) is 0 Å². The summed E-state index contributed by atoms with van der Waals surface area (Å²) in [5.41, 5.74) is 0. The second-order valence-corrected chi connectivity index (χ2v) is 26.6. The summed E-state index contributed by atoms with van der Waals surface area (Å²) >= 11 is 0.